The quantitative estimate of drug-likeness (QED) is 0.223. The van der Waals surface area contributed by atoms with Crippen molar-refractivity contribution in [1.82, 2.24) is 15.1 Å². The van der Waals surface area contributed by atoms with Crippen LogP contribution in [-0.4, -0.2) is 102 Å². The van der Waals surface area contributed by atoms with Crippen molar-refractivity contribution < 1.29 is 28.1 Å². The number of nitrogens with one attached hydrogen (secondary N) is 1. The molecule has 0 unspecified atom stereocenters. The number of carbonyl (C=O) groups excluding carboxylic acids is 1. The average Bonchev–Trinajstić information content (AvgIpc) is 3.38. The second-order valence-electron chi connectivity index (χ2n) is 10.1. The zero-order chi connectivity index (χ0) is 28.7. The highest BCUT2D eigenvalue weighted by atomic mass is 19.1. The van der Waals surface area contributed by atoms with Crippen molar-refractivity contribution in [3.05, 3.63) is 77.6 Å². The third kappa shape index (κ3) is 10.3. The maximum absolute atomic E-state index is 14.5. The van der Waals surface area contributed by atoms with Crippen LogP contribution in [0.5, 0.6) is 5.75 Å². The Morgan fingerprint density at radius 2 is 1.70 bits per heavy atom. The highest BCUT2D eigenvalue weighted by Gasteiger charge is 2.35. The van der Waals surface area contributed by atoms with Gasteiger partial charge in [0.15, 0.2) is 0 Å². The smallest absolute Gasteiger partial charge is 0.243 e. The highest BCUT2D eigenvalue weighted by Crippen LogP contribution is 2.33. The molecule has 8 nitrogen and oxygen atoms in total. The van der Waals surface area contributed by atoms with Crippen molar-refractivity contribution in [2.75, 3.05) is 80.0 Å². The number of amides is 1. The molecule has 2 atom stereocenters. The van der Waals surface area contributed by atoms with Gasteiger partial charge in [-0.1, -0.05) is 30.8 Å². The van der Waals surface area contributed by atoms with E-state index in [-0.39, 0.29) is 11.7 Å². The van der Waals surface area contributed by atoms with E-state index in [0.717, 1.165) is 30.0 Å². The molecule has 1 aliphatic heterocycles. The monoisotopic (exact) mass is 557 g/mol. The molecule has 9 heteroatoms. The fourth-order valence-electron chi connectivity index (χ4n) is 4.85. The van der Waals surface area contributed by atoms with Crippen molar-refractivity contribution in [3.63, 3.8) is 0 Å². The van der Waals surface area contributed by atoms with Gasteiger partial charge >= 0.3 is 0 Å². The summed E-state index contributed by atoms with van der Waals surface area (Å²) in [5, 5.41) is 2.64. The first-order valence-corrected chi connectivity index (χ1v) is 13.9. The van der Waals surface area contributed by atoms with E-state index in [1.165, 1.54) is 11.6 Å². The number of nitrogens with zero attached hydrogens (tertiary/aromatic N) is 2. The van der Waals surface area contributed by atoms with Gasteiger partial charge in [-0.15, -0.1) is 0 Å². The van der Waals surface area contributed by atoms with Crippen molar-refractivity contribution in [2.24, 2.45) is 0 Å². The van der Waals surface area contributed by atoms with E-state index in [1.807, 2.05) is 25.1 Å². The van der Waals surface area contributed by atoms with E-state index >= 15 is 0 Å². The minimum Gasteiger partial charge on any atom is -0.491 e. The van der Waals surface area contributed by atoms with E-state index in [2.05, 4.69) is 47.9 Å². The number of aryl methyl sites for hydroxylation is 1. The largest absolute Gasteiger partial charge is 0.491 e. The van der Waals surface area contributed by atoms with Gasteiger partial charge in [-0.3, -0.25) is 9.69 Å². The lowest BCUT2D eigenvalue weighted by molar-refractivity contribution is -0.116. The van der Waals surface area contributed by atoms with Crippen LogP contribution in [0.2, 0.25) is 0 Å². The number of likely N-dealkylation sites (N-methyl/N-ethyl adjacent to an activating group) is 1. The summed E-state index contributed by atoms with van der Waals surface area (Å²) in [5.41, 5.74) is 3.00. The van der Waals surface area contributed by atoms with Gasteiger partial charge in [-0.25, -0.2) is 4.39 Å². The Kier molecular flexibility index (Phi) is 13.5. The lowest BCUT2D eigenvalue weighted by atomic mass is 9.93. The number of rotatable bonds is 18. The predicted octanol–water partition coefficient (Wildman–Crippen LogP) is 3.39. The number of hydrogen-bond donors (Lipinski definition) is 1. The molecule has 220 valence electrons. The van der Waals surface area contributed by atoms with Gasteiger partial charge in [0.2, 0.25) is 5.91 Å². The van der Waals surface area contributed by atoms with Crippen molar-refractivity contribution in [1.29, 1.82) is 0 Å². The van der Waals surface area contributed by atoms with E-state index < -0.39 is 0 Å². The summed E-state index contributed by atoms with van der Waals surface area (Å²) in [6.45, 7) is 11.4. The summed E-state index contributed by atoms with van der Waals surface area (Å²) in [5.74, 6) is 0.778. The first kappa shape index (κ1) is 31.7. The van der Waals surface area contributed by atoms with Crippen molar-refractivity contribution in [3.8, 4) is 5.75 Å². The van der Waals surface area contributed by atoms with E-state index in [1.54, 1.807) is 12.1 Å². The lowest BCUT2D eigenvalue weighted by Crippen LogP contribution is -2.34. The summed E-state index contributed by atoms with van der Waals surface area (Å²) >= 11 is 0. The molecule has 0 saturated carbocycles. The second-order valence-corrected chi connectivity index (χ2v) is 10.1. The van der Waals surface area contributed by atoms with Gasteiger partial charge in [0.05, 0.1) is 39.6 Å². The predicted molar refractivity (Wildman–Crippen MR) is 154 cm³/mol. The van der Waals surface area contributed by atoms with Crippen LogP contribution in [0.3, 0.4) is 0 Å². The number of carbonyl (C=O) groups is 1. The van der Waals surface area contributed by atoms with Gasteiger partial charge in [0.25, 0.3) is 0 Å². The van der Waals surface area contributed by atoms with Crippen LogP contribution in [0.15, 0.2) is 55.1 Å². The van der Waals surface area contributed by atoms with Crippen molar-refractivity contribution in [2.45, 2.75) is 25.4 Å². The third-order valence-electron chi connectivity index (χ3n) is 7.02. The Morgan fingerprint density at radius 3 is 2.38 bits per heavy atom. The average molecular weight is 558 g/mol. The van der Waals surface area contributed by atoms with E-state index in [4.69, 9.17) is 18.9 Å². The summed E-state index contributed by atoms with van der Waals surface area (Å²) in [6.07, 6.45) is 1.23. The van der Waals surface area contributed by atoms with Gasteiger partial charge in [0.1, 0.15) is 18.2 Å². The molecule has 1 aliphatic rings. The summed E-state index contributed by atoms with van der Waals surface area (Å²) in [4.78, 5) is 15.6. The molecule has 40 heavy (non-hydrogen) atoms. The fraction of sp³-hybridized carbons (Fsp3) is 0.516. The molecule has 2 aromatic rings. The third-order valence-corrected chi connectivity index (χ3v) is 7.02. The van der Waals surface area contributed by atoms with Crippen LogP contribution in [0.25, 0.3) is 0 Å². The first-order valence-electron chi connectivity index (χ1n) is 13.9. The van der Waals surface area contributed by atoms with Crippen LogP contribution < -0.4 is 10.1 Å². The lowest BCUT2D eigenvalue weighted by Gasteiger charge is -2.25. The number of hydrogen-bond acceptors (Lipinski definition) is 7. The molecule has 0 aromatic heterocycles. The molecule has 1 N–H and O–H groups in total. The fourth-order valence-corrected chi connectivity index (χ4v) is 4.85. The Balaban J connectivity index is 1.35. The molecule has 1 fully saturated rings. The standard InChI is InChI=1S/C31H44FN3O5/c1-5-31(36)33-12-13-37-14-15-38-16-17-39-18-19-40-26-10-7-9-25(20-26)28-22-35(23-30(28)34(3)4)21-27-24(2)8-6-11-29(27)32/h5-11,20,28,30H,1,12-19,21-23H2,2-4H3,(H,33,36)/t28-,30+/m1/s1. The molecule has 1 heterocycles. The van der Waals surface area contributed by atoms with Gasteiger partial charge in [0, 0.05) is 43.7 Å². The second kappa shape index (κ2) is 17.1. The normalized spacial score (nSPS) is 17.3. The molecular weight excluding hydrogens is 513 g/mol. The van der Waals surface area contributed by atoms with Crippen LogP contribution in [0.1, 0.15) is 22.6 Å². The summed E-state index contributed by atoms with van der Waals surface area (Å²) in [6, 6.07) is 13.9. The van der Waals surface area contributed by atoms with Gasteiger partial charge < -0.3 is 29.2 Å². The Labute approximate surface area is 238 Å². The van der Waals surface area contributed by atoms with Crippen molar-refractivity contribution >= 4 is 5.91 Å². The molecule has 3 rings (SSSR count). The SMILES string of the molecule is C=CC(=O)NCCOCCOCCOCCOc1cccc([C@H]2CN(Cc3c(C)cccc3F)C[C@@H]2N(C)C)c1. The maximum Gasteiger partial charge on any atom is 0.243 e. The van der Waals surface area contributed by atoms with Gasteiger partial charge in [-0.2, -0.15) is 0 Å². The number of ether oxygens (including phenoxy) is 4. The molecule has 0 spiro atoms. The van der Waals surface area contributed by atoms with Crippen LogP contribution in [-0.2, 0) is 25.5 Å². The van der Waals surface area contributed by atoms with E-state index in [9.17, 15) is 9.18 Å². The van der Waals surface area contributed by atoms with Crippen LogP contribution in [0, 0.1) is 12.7 Å². The Morgan fingerprint density at radius 1 is 1.02 bits per heavy atom. The van der Waals surface area contributed by atoms with Crippen LogP contribution in [0.4, 0.5) is 4.39 Å². The molecule has 0 bridgehead atoms. The van der Waals surface area contributed by atoms with E-state index in [0.29, 0.717) is 71.3 Å². The number of likely N-dealkylation sites (tertiary alicyclic amines) is 1. The first-order chi connectivity index (χ1) is 19.4. The number of halogens is 1. The molecule has 1 amide bonds. The highest BCUT2D eigenvalue weighted by molar-refractivity contribution is 5.86. The minimum atomic E-state index is -0.208. The molecule has 2 aromatic carbocycles. The Bertz CT molecular complexity index is 1050. The van der Waals surface area contributed by atoms with Crippen LogP contribution >= 0.6 is 0 Å². The molecular formula is C31H44FN3O5. The summed E-state index contributed by atoms with van der Waals surface area (Å²) < 4.78 is 36.9. The molecule has 0 aliphatic carbocycles. The minimum absolute atomic E-state index is 0.133. The maximum atomic E-state index is 14.5. The zero-order valence-electron chi connectivity index (χ0n) is 24.1. The zero-order valence-corrected chi connectivity index (χ0v) is 24.1. The number of benzene rings is 2. The Hall–Kier alpha value is -2.82. The molecule has 1 saturated heterocycles. The summed E-state index contributed by atoms with van der Waals surface area (Å²) in [7, 11) is 4.21. The van der Waals surface area contributed by atoms with Gasteiger partial charge in [-0.05, 0) is 56.4 Å². The topological polar surface area (TPSA) is 72.5 Å². The molecule has 0 radical (unpaired) electrons.